The fraction of sp³-hybridized carbons (Fsp3) is 0.478. The van der Waals surface area contributed by atoms with Crippen LogP contribution in [0.1, 0.15) is 24.1 Å². The molecule has 31 heavy (non-hydrogen) atoms. The van der Waals surface area contributed by atoms with Crippen molar-refractivity contribution >= 4 is 17.6 Å². The van der Waals surface area contributed by atoms with Crippen molar-refractivity contribution in [1.82, 2.24) is 20.5 Å². The number of guanidine groups is 1. The van der Waals surface area contributed by atoms with Gasteiger partial charge in [0.1, 0.15) is 10.9 Å². The smallest absolute Gasteiger partial charge is 0.191 e. The van der Waals surface area contributed by atoms with Gasteiger partial charge in [0.05, 0.1) is 32.9 Å². The van der Waals surface area contributed by atoms with E-state index in [1.807, 2.05) is 30.5 Å². The van der Waals surface area contributed by atoms with E-state index in [0.29, 0.717) is 11.7 Å². The van der Waals surface area contributed by atoms with Gasteiger partial charge in [-0.2, -0.15) is 0 Å². The van der Waals surface area contributed by atoms with Gasteiger partial charge in [-0.25, -0.2) is 4.98 Å². The number of morpholine rings is 1. The maximum atomic E-state index is 5.87. The van der Waals surface area contributed by atoms with Crippen molar-refractivity contribution in [3.05, 3.63) is 58.9 Å². The van der Waals surface area contributed by atoms with E-state index < -0.39 is 0 Å². The standard InChI is InChI=1S/C23H32ClN5O2/c1-3-25-23(26-11-10-18-4-9-22(24)27-16-18)28-17-21(29-12-14-31-15-13-29)19-5-7-20(30-2)8-6-19/h4-9,16,21H,3,10-15,17H2,1-2H3,(H2,25,26,28). The van der Waals surface area contributed by atoms with E-state index in [2.05, 4.69) is 39.6 Å². The molecule has 0 radical (unpaired) electrons. The van der Waals surface area contributed by atoms with Crippen LogP contribution in [-0.4, -0.2) is 68.9 Å². The van der Waals surface area contributed by atoms with Crippen molar-refractivity contribution in [3.63, 3.8) is 0 Å². The maximum Gasteiger partial charge on any atom is 0.191 e. The van der Waals surface area contributed by atoms with E-state index in [1.165, 1.54) is 5.56 Å². The normalized spacial score (nSPS) is 16.0. The maximum absolute atomic E-state index is 5.87. The lowest BCUT2D eigenvalue weighted by molar-refractivity contribution is 0.0179. The van der Waals surface area contributed by atoms with Crippen LogP contribution in [0.4, 0.5) is 0 Å². The highest BCUT2D eigenvalue weighted by Crippen LogP contribution is 2.24. The van der Waals surface area contributed by atoms with Crippen LogP contribution in [0, 0.1) is 0 Å². The van der Waals surface area contributed by atoms with Crippen LogP contribution in [0.15, 0.2) is 47.6 Å². The molecule has 1 aliphatic rings. The fourth-order valence-electron chi connectivity index (χ4n) is 3.55. The van der Waals surface area contributed by atoms with Crippen molar-refractivity contribution < 1.29 is 9.47 Å². The largest absolute Gasteiger partial charge is 0.497 e. The molecule has 0 amide bonds. The summed E-state index contributed by atoms with van der Waals surface area (Å²) in [5, 5.41) is 7.28. The summed E-state index contributed by atoms with van der Waals surface area (Å²) in [6, 6.07) is 12.3. The zero-order valence-electron chi connectivity index (χ0n) is 18.3. The summed E-state index contributed by atoms with van der Waals surface area (Å²) in [4.78, 5) is 11.5. The van der Waals surface area contributed by atoms with Crippen molar-refractivity contribution in [2.24, 2.45) is 4.99 Å². The number of hydrogen-bond acceptors (Lipinski definition) is 5. The summed E-state index contributed by atoms with van der Waals surface area (Å²) in [7, 11) is 1.69. The molecule has 7 nitrogen and oxygen atoms in total. The highest BCUT2D eigenvalue weighted by Gasteiger charge is 2.22. The molecule has 1 aliphatic heterocycles. The third kappa shape index (κ3) is 7.38. The Labute approximate surface area is 189 Å². The molecule has 2 N–H and O–H groups in total. The minimum atomic E-state index is 0.186. The minimum Gasteiger partial charge on any atom is -0.497 e. The van der Waals surface area contributed by atoms with Crippen LogP contribution in [-0.2, 0) is 11.2 Å². The van der Waals surface area contributed by atoms with Gasteiger partial charge in [-0.15, -0.1) is 0 Å². The van der Waals surface area contributed by atoms with E-state index >= 15 is 0 Å². The predicted octanol–water partition coefficient (Wildman–Crippen LogP) is 2.91. The second kappa shape index (κ2) is 12.5. The SMILES string of the molecule is CCNC(=NCC(c1ccc(OC)cc1)N1CCOCC1)NCCc1ccc(Cl)nc1. The molecule has 0 spiro atoms. The lowest BCUT2D eigenvalue weighted by Gasteiger charge is -2.34. The number of methoxy groups -OCH3 is 1. The first-order valence-electron chi connectivity index (χ1n) is 10.8. The fourth-order valence-corrected chi connectivity index (χ4v) is 3.66. The molecule has 1 saturated heterocycles. The summed E-state index contributed by atoms with van der Waals surface area (Å²) in [6.07, 6.45) is 2.66. The third-order valence-corrected chi connectivity index (χ3v) is 5.47. The van der Waals surface area contributed by atoms with Crippen LogP contribution < -0.4 is 15.4 Å². The second-order valence-electron chi connectivity index (χ2n) is 7.32. The molecule has 1 aromatic heterocycles. The number of rotatable bonds is 9. The molecule has 168 valence electrons. The lowest BCUT2D eigenvalue weighted by atomic mass is 10.0. The Bertz CT molecular complexity index is 808. The van der Waals surface area contributed by atoms with Gasteiger partial charge in [0.15, 0.2) is 5.96 Å². The number of halogens is 1. The Kier molecular flexibility index (Phi) is 9.39. The highest BCUT2D eigenvalue weighted by molar-refractivity contribution is 6.29. The van der Waals surface area contributed by atoms with Gasteiger partial charge in [-0.1, -0.05) is 29.8 Å². The Morgan fingerprint density at radius 2 is 1.97 bits per heavy atom. The molecule has 1 aromatic carbocycles. The summed E-state index contributed by atoms with van der Waals surface area (Å²) in [6.45, 7) is 7.61. The first-order chi connectivity index (χ1) is 15.2. The first kappa shape index (κ1) is 23.3. The number of aromatic nitrogens is 1. The minimum absolute atomic E-state index is 0.186. The lowest BCUT2D eigenvalue weighted by Crippen LogP contribution is -2.42. The van der Waals surface area contributed by atoms with Crippen molar-refractivity contribution in [2.75, 3.05) is 53.0 Å². The zero-order chi connectivity index (χ0) is 21.9. The third-order valence-electron chi connectivity index (χ3n) is 5.25. The quantitative estimate of drug-likeness (QED) is 0.351. The average Bonchev–Trinajstić information content (AvgIpc) is 2.81. The molecule has 8 heteroatoms. The van der Waals surface area contributed by atoms with Gasteiger partial charge < -0.3 is 20.1 Å². The molecular weight excluding hydrogens is 414 g/mol. The van der Waals surface area contributed by atoms with E-state index in [9.17, 15) is 0 Å². The molecule has 1 unspecified atom stereocenters. The van der Waals surface area contributed by atoms with Crippen LogP contribution in [0.5, 0.6) is 5.75 Å². The van der Waals surface area contributed by atoms with Crippen molar-refractivity contribution in [3.8, 4) is 5.75 Å². The molecule has 0 bridgehead atoms. The summed E-state index contributed by atoms with van der Waals surface area (Å²) in [5.41, 5.74) is 2.37. The molecule has 1 atom stereocenters. The Hall–Kier alpha value is -2.35. The summed E-state index contributed by atoms with van der Waals surface area (Å²) < 4.78 is 10.9. The average molecular weight is 446 g/mol. The molecule has 0 aliphatic carbocycles. The van der Waals surface area contributed by atoms with Crippen molar-refractivity contribution in [2.45, 2.75) is 19.4 Å². The number of pyridine rings is 1. The van der Waals surface area contributed by atoms with E-state index in [-0.39, 0.29) is 6.04 Å². The Morgan fingerprint density at radius 1 is 1.19 bits per heavy atom. The number of nitrogens with zero attached hydrogens (tertiary/aromatic N) is 3. The van der Waals surface area contributed by atoms with Gasteiger partial charge in [0.25, 0.3) is 0 Å². The molecular formula is C23H32ClN5O2. The van der Waals surface area contributed by atoms with E-state index in [0.717, 1.165) is 63.1 Å². The van der Waals surface area contributed by atoms with Crippen LogP contribution in [0.3, 0.4) is 0 Å². The zero-order valence-corrected chi connectivity index (χ0v) is 19.1. The van der Waals surface area contributed by atoms with Crippen molar-refractivity contribution in [1.29, 1.82) is 0 Å². The molecule has 0 saturated carbocycles. The van der Waals surface area contributed by atoms with Gasteiger partial charge in [0, 0.05) is 32.4 Å². The topological polar surface area (TPSA) is 71.0 Å². The molecule has 1 fully saturated rings. The summed E-state index contributed by atoms with van der Waals surface area (Å²) >= 11 is 5.87. The van der Waals surface area contributed by atoms with Gasteiger partial charge in [-0.05, 0) is 42.7 Å². The summed E-state index contributed by atoms with van der Waals surface area (Å²) in [5.74, 6) is 1.68. The second-order valence-corrected chi connectivity index (χ2v) is 7.71. The first-order valence-corrected chi connectivity index (χ1v) is 11.2. The van der Waals surface area contributed by atoms with E-state index in [4.69, 9.17) is 26.1 Å². The number of nitrogens with one attached hydrogen (secondary N) is 2. The molecule has 2 heterocycles. The van der Waals surface area contributed by atoms with E-state index in [1.54, 1.807) is 7.11 Å². The predicted molar refractivity (Wildman–Crippen MR) is 125 cm³/mol. The number of benzene rings is 1. The van der Waals surface area contributed by atoms with Gasteiger partial charge >= 0.3 is 0 Å². The van der Waals surface area contributed by atoms with Gasteiger partial charge in [0.2, 0.25) is 0 Å². The van der Waals surface area contributed by atoms with Crippen LogP contribution >= 0.6 is 11.6 Å². The number of aliphatic imine (C=N–C) groups is 1. The van der Waals surface area contributed by atoms with Gasteiger partial charge in [-0.3, -0.25) is 9.89 Å². The number of hydrogen-bond donors (Lipinski definition) is 2. The highest BCUT2D eigenvalue weighted by atomic mass is 35.5. The number of ether oxygens (including phenoxy) is 2. The van der Waals surface area contributed by atoms with Crippen LogP contribution in [0.2, 0.25) is 5.15 Å². The monoisotopic (exact) mass is 445 g/mol. The van der Waals surface area contributed by atoms with Crippen LogP contribution in [0.25, 0.3) is 0 Å². The Morgan fingerprint density at radius 3 is 2.61 bits per heavy atom. The Balaban J connectivity index is 1.66. The molecule has 3 rings (SSSR count). The molecule has 2 aromatic rings.